The van der Waals surface area contributed by atoms with Crippen LogP contribution in [0.15, 0.2) is 52.4 Å². The van der Waals surface area contributed by atoms with Gasteiger partial charge in [-0.2, -0.15) is 0 Å². The van der Waals surface area contributed by atoms with Gasteiger partial charge in [-0.3, -0.25) is 9.79 Å². The first-order chi connectivity index (χ1) is 11.7. The Hall–Kier alpha value is -2.24. The molecule has 1 aliphatic rings. The summed E-state index contributed by atoms with van der Waals surface area (Å²) in [6, 6.07) is 13.7. The fourth-order valence-corrected chi connectivity index (χ4v) is 3.52. The van der Waals surface area contributed by atoms with E-state index in [2.05, 4.69) is 27.4 Å². The zero-order valence-corrected chi connectivity index (χ0v) is 14.5. The van der Waals surface area contributed by atoms with E-state index >= 15 is 0 Å². The summed E-state index contributed by atoms with van der Waals surface area (Å²) in [5, 5.41) is 4.47. The lowest BCUT2D eigenvalue weighted by molar-refractivity contribution is -0.114. The molecule has 4 nitrogen and oxygen atoms in total. The molecule has 0 bridgehead atoms. The first-order valence-electron chi connectivity index (χ1n) is 7.46. The van der Waals surface area contributed by atoms with Crippen LogP contribution in [-0.2, 0) is 4.79 Å². The molecule has 0 unspecified atom stereocenters. The molecule has 2 heterocycles. The molecule has 24 heavy (non-hydrogen) atoms. The molecule has 2 aromatic carbocycles. The van der Waals surface area contributed by atoms with Gasteiger partial charge >= 0.3 is 0 Å². The van der Waals surface area contributed by atoms with E-state index < -0.39 is 0 Å². The number of aliphatic imine (C=N–C) groups is 1. The van der Waals surface area contributed by atoms with Crippen molar-refractivity contribution >= 4 is 51.6 Å². The third-order valence-electron chi connectivity index (χ3n) is 3.99. The van der Waals surface area contributed by atoms with Crippen molar-refractivity contribution in [3.8, 4) is 0 Å². The fourth-order valence-electron chi connectivity index (χ4n) is 2.89. The van der Waals surface area contributed by atoms with Gasteiger partial charge in [-0.15, -0.1) is 11.8 Å². The Kier molecular flexibility index (Phi) is 3.82. The van der Waals surface area contributed by atoms with E-state index in [-0.39, 0.29) is 12.5 Å². The van der Waals surface area contributed by atoms with E-state index in [9.17, 15) is 4.79 Å². The number of H-pyrrole nitrogens is 1. The van der Waals surface area contributed by atoms with Gasteiger partial charge in [0.25, 0.3) is 0 Å². The van der Waals surface area contributed by atoms with E-state index in [4.69, 9.17) is 11.6 Å². The minimum Gasteiger partial charge on any atom is -0.351 e. The SMILES string of the molecule is CSc1cccc(C2=NCC(=O)Nc3c2[nH]c2ccc(Cl)cc32)c1. The molecular formula is C18H14ClN3OS. The molecule has 120 valence electrons. The van der Waals surface area contributed by atoms with Crippen molar-refractivity contribution in [3.63, 3.8) is 0 Å². The quantitative estimate of drug-likeness (QED) is 0.672. The van der Waals surface area contributed by atoms with Crippen molar-refractivity contribution in [3.05, 3.63) is 58.7 Å². The van der Waals surface area contributed by atoms with Crippen molar-refractivity contribution in [2.45, 2.75) is 4.90 Å². The number of amides is 1. The number of hydrogen-bond donors (Lipinski definition) is 2. The highest BCUT2D eigenvalue weighted by molar-refractivity contribution is 7.98. The van der Waals surface area contributed by atoms with Crippen LogP contribution in [0.4, 0.5) is 5.69 Å². The highest BCUT2D eigenvalue weighted by Crippen LogP contribution is 2.33. The number of thioether (sulfide) groups is 1. The smallest absolute Gasteiger partial charge is 0.246 e. The number of rotatable bonds is 2. The average Bonchev–Trinajstić information content (AvgIpc) is 2.84. The molecule has 0 saturated carbocycles. The molecule has 2 N–H and O–H groups in total. The summed E-state index contributed by atoms with van der Waals surface area (Å²) < 4.78 is 0. The monoisotopic (exact) mass is 355 g/mol. The largest absolute Gasteiger partial charge is 0.351 e. The molecule has 1 aliphatic heterocycles. The number of halogens is 1. The number of anilines is 1. The molecular weight excluding hydrogens is 342 g/mol. The topological polar surface area (TPSA) is 57.2 Å². The average molecular weight is 356 g/mol. The predicted octanol–water partition coefficient (Wildman–Crippen LogP) is 4.33. The minimum atomic E-state index is -0.131. The molecule has 0 aliphatic carbocycles. The summed E-state index contributed by atoms with van der Waals surface area (Å²) in [4.78, 5) is 21.2. The second-order valence-electron chi connectivity index (χ2n) is 5.51. The van der Waals surface area contributed by atoms with Gasteiger partial charge in [0, 0.05) is 26.4 Å². The van der Waals surface area contributed by atoms with Crippen LogP contribution >= 0.6 is 23.4 Å². The van der Waals surface area contributed by atoms with Crippen LogP contribution in [0.25, 0.3) is 10.9 Å². The minimum absolute atomic E-state index is 0.101. The standard InChI is InChI=1S/C18H14ClN3OS/c1-24-12-4-2-3-10(7-12)16-18-17(22-15(23)9-20-16)13-8-11(19)5-6-14(13)21-18/h2-8,21H,9H2,1H3,(H,22,23). The maximum Gasteiger partial charge on any atom is 0.246 e. The van der Waals surface area contributed by atoms with Gasteiger partial charge in [0.05, 0.1) is 17.1 Å². The van der Waals surface area contributed by atoms with Crippen molar-refractivity contribution < 1.29 is 4.79 Å². The van der Waals surface area contributed by atoms with Crippen LogP contribution in [-0.4, -0.2) is 29.4 Å². The number of aromatic amines is 1. The molecule has 0 atom stereocenters. The molecule has 3 aromatic rings. The summed E-state index contributed by atoms with van der Waals surface area (Å²) in [5.74, 6) is -0.131. The Bertz CT molecular complexity index is 993. The highest BCUT2D eigenvalue weighted by Gasteiger charge is 2.22. The molecule has 0 radical (unpaired) electrons. The number of fused-ring (bicyclic) bond motifs is 3. The summed E-state index contributed by atoms with van der Waals surface area (Å²) in [7, 11) is 0. The number of carbonyl (C=O) groups excluding carboxylic acids is 1. The first kappa shape index (κ1) is 15.3. The predicted molar refractivity (Wildman–Crippen MR) is 101 cm³/mol. The van der Waals surface area contributed by atoms with Crippen LogP contribution in [0, 0.1) is 0 Å². The van der Waals surface area contributed by atoms with Crippen molar-refractivity contribution in [2.75, 3.05) is 18.1 Å². The number of nitrogens with one attached hydrogen (secondary N) is 2. The molecule has 0 spiro atoms. The van der Waals surface area contributed by atoms with Gasteiger partial charge < -0.3 is 10.3 Å². The van der Waals surface area contributed by atoms with E-state index in [0.717, 1.165) is 38.5 Å². The molecule has 0 saturated heterocycles. The van der Waals surface area contributed by atoms with Gasteiger partial charge in [0.1, 0.15) is 6.54 Å². The van der Waals surface area contributed by atoms with Gasteiger partial charge in [-0.05, 0) is 36.6 Å². The normalized spacial score (nSPS) is 14.1. The Morgan fingerprint density at radius 1 is 1.21 bits per heavy atom. The third kappa shape index (κ3) is 2.60. The third-order valence-corrected chi connectivity index (χ3v) is 4.95. The zero-order valence-electron chi connectivity index (χ0n) is 12.9. The fraction of sp³-hybridized carbons (Fsp3) is 0.111. The zero-order chi connectivity index (χ0) is 16.7. The Labute approximate surface area is 148 Å². The van der Waals surface area contributed by atoms with Gasteiger partial charge in [-0.1, -0.05) is 23.7 Å². The number of benzene rings is 2. The summed E-state index contributed by atoms with van der Waals surface area (Å²) in [6.07, 6.45) is 2.04. The lowest BCUT2D eigenvalue weighted by Crippen LogP contribution is -2.13. The highest BCUT2D eigenvalue weighted by atomic mass is 35.5. The summed E-state index contributed by atoms with van der Waals surface area (Å²) in [6.45, 7) is 0.101. The Balaban J connectivity index is 1.96. The van der Waals surface area contributed by atoms with E-state index in [1.54, 1.807) is 11.8 Å². The maximum absolute atomic E-state index is 12.1. The van der Waals surface area contributed by atoms with Crippen molar-refractivity contribution in [1.29, 1.82) is 0 Å². The Morgan fingerprint density at radius 3 is 2.92 bits per heavy atom. The molecule has 0 fully saturated rings. The molecule has 4 rings (SSSR count). The maximum atomic E-state index is 12.1. The number of nitrogens with zero attached hydrogens (tertiary/aromatic N) is 1. The summed E-state index contributed by atoms with van der Waals surface area (Å²) >= 11 is 7.80. The van der Waals surface area contributed by atoms with E-state index in [1.807, 2.05) is 36.6 Å². The van der Waals surface area contributed by atoms with Crippen molar-refractivity contribution in [2.24, 2.45) is 4.99 Å². The van der Waals surface area contributed by atoms with Crippen LogP contribution < -0.4 is 5.32 Å². The van der Waals surface area contributed by atoms with Crippen molar-refractivity contribution in [1.82, 2.24) is 4.98 Å². The lowest BCUT2D eigenvalue weighted by atomic mass is 10.1. The second-order valence-corrected chi connectivity index (χ2v) is 6.83. The summed E-state index contributed by atoms with van der Waals surface area (Å²) in [5.41, 5.74) is 4.24. The second kappa shape index (κ2) is 6.00. The van der Waals surface area contributed by atoms with E-state index in [1.165, 1.54) is 0 Å². The van der Waals surface area contributed by atoms with Crippen LogP contribution in [0.1, 0.15) is 11.3 Å². The van der Waals surface area contributed by atoms with Gasteiger partial charge in [-0.25, -0.2) is 0 Å². The van der Waals surface area contributed by atoms with Crippen LogP contribution in [0.3, 0.4) is 0 Å². The van der Waals surface area contributed by atoms with E-state index in [0.29, 0.717) is 5.02 Å². The molecule has 1 amide bonds. The van der Waals surface area contributed by atoms with Crippen LogP contribution in [0.5, 0.6) is 0 Å². The van der Waals surface area contributed by atoms with Gasteiger partial charge in [0.15, 0.2) is 0 Å². The molecule has 6 heteroatoms. The Morgan fingerprint density at radius 2 is 2.08 bits per heavy atom. The lowest BCUT2D eigenvalue weighted by Gasteiger charge is -2.07. The first-order valence-corrected chi connectivity index (χ1v) is 9.06. The molecule has 1 aromatic heterocycles. The number of aromatic nitrogens is 1. The number of hydrogen-bond acceptors (Lipinski definition) is 3. The number of carbonyl (C=O) groups is 1. The van der Waals surface area contributed by atoms with Crippen LogP contribution in [0.2, 0.25) is 5.02 Å². The van der Waals surface area contributed by atoms with Gasteiger partial charge in [0.2, 0.25) is 5.91 Å².